The first-order valence-electron chi connectivity index (χ1n) is 5.49. The molecule has 0 amide bonds. The van der Waals surface area contributed by atoms with Gasteiger partial charge in [-0.25, -0.2) is 9.18 Å². The fourth-order valence-electron chi connectivity index (χ4n) is 1.49. The molecular weight excluding hydrogens is 266 g/mol. The number of nitrogens with one attached hydrogen (secondary N) is 1. The molecule has 0 aliphatic rings. The Morgan fingerprint density at radius 1 is 1.32 bits per heavy atom. The van der Waals surface area contributed by atoms with Crippen LogP contribution in [0.3, 0.4) is 0 Å². The molecule has 0 aliphatic carbocycles. The highest BCUT2D eigenvalue weighted by Crippen LogP contribution is 2.31. The van der Waals surface area contributed by atoms with Gasteiger partial charge in [-0.2, -0.15) is 13.2 Å². The normalized spacial score (nSPS) is 13.4. The van der Waals surface area contributed by atoms with Gasteiger partial charge in [0.2, 0.25) is 0 Å². The molecule has 19 heavy (non-hydrogen) atoms. The average molecular weight is 279 g/mol. The molecule has 1 rings (SSSR count). The summed E-state index contributed by atoms with van der Waals surface area (Å²) in [7, 11) is 0. The summed E-state index contributed by atoms with van der Waals surface area (Å²) in [6.07, 6.45) is -4.64. The molecule has 0 unspecified atom stereocenters. The Balaban J connectivity index is 3.00. The van der Waals surface area contributed by atoms with E-state index in [1.54, 1.807) is 13.8 Å². The average Bonchev–Trinajstić information content (AvgIpc) is 2.24. The van der Waals surface area contributed by atoms with E-state index in [1.165, 1.54) is 0 Å². The summed E-state index contributed by atoms with van der Waals surface area (Å²) in [6.45, 7) is 3.21. The molecule has 0 bridgehead atoms. The lowest BCUT2D eigenvalue weighted by atomic mass is 10.0. The van der Waals surface area contributed by atoms with E-state index in [0.29, 0.717) is 12.1 Å². The molecule has 0 radical (unpaired) electrons. The third kappa shape index (κ3) is 3.84. The van der Waals surface area contributed by atoms with Crippen molar-refractivity contribution in [1.82, 2.24) is 0 Å². The smallest absolute Gasteiger partial charge is 0.416 e. The highest BCUT2D eigenvalue weighted by molar-refractivity contribution is 5.77. The van der Waals surface area contributed by atoms with Crippen LogP contribution in [0.25, 0.3) is 0 Å². The molecule has 3 nitrogen and oxygen atoms in total. The van der Waals surface area contributed by atoms with E-state index in [1.807, 2.05) is 0 Å². The quantitative estimate of drug-likeness (QED) is 0.831. The van der Waals surface area contributed by atoms with Crippen molar-refractivity contribution in [1.29, 1.82) is 0 Å². The number of hydrogen-bond donors (Lipinski definition) is 2. The van der Waals surface area contributed by atoms with E-state index >= 15 is 0 Å². The summed E-state index contributed by atoms with van der Waals surface area (Å²) in [5.41, 5.74) is -1.39. The fourth-order valence-corrected chi connectivity index (χ4v) is 1.49. The van der Waals surface area contributed by atoms with Crippen molar-refractivity contribution >= 4 is 11.7 Å². The first kappa shape index (κ1) is 15.3. The summed E-state index contributed by atoms with van der Waals surface area (Å²) in [4.78, 5) is 10.9. The lowest BCUT2D eigenvalue weighted by Crippen LogP contribution is -2.34. The van der Waals surface area contributed by atoms with Crippen LogP contribution in [0.4, 0.5) is 23.2 Å². The van der Waals surface area contributed by atoms with Crippen LogP contribution >= 0.6 is 0 Å². The first-order chi connectivity index (χ1) is 8.62. The maximum atomic E-state index is 13.5. The van der Waals surface area contributed by atoms with Crippen LogP contribution in [-0.2, 0) is 11.0 Å². The minimum absolute atomic E-state index is 0.269. The highest BCUT2D eigenvalue weighted by Gasteiger charge is 2.31. The number of benzene rings is 1. The van der Waals surface area contributed by atoms with E-state index in [-0.39, 0.29) is 11.6 Å². The van der Waals surface area contributed by atoms with Gasteiger partial charge in [0.1, 0.15) is 11.9 Å². The van der Waals surface area contributed by atoms with Gasteiger partial charge in [0.05, 0.1) is 11.3 Å². The Bertz CT molecular complexity index is 471. The van der Waals surface area contributed by atoms with Crippen molar-refractivity contribution in [3.63, 3.8) is 0 Å². The van der Waals surface area contributed by atoms with Gasteiger partial charge in [0, 0.05) is 0 Å². The number of aliphatic carboxylic acids is 1. The van der Waals surface area contributed by atoms with Gasteiger partial charge in [-0.05, 0) is 24.1 Å². The van der Waals surface area contributed by atoms with Gasteiger partial charge in [0.25, 0.3) is 0 Å². The second kappa shape index (κ2) is 5.46. The Kier molecular flexibility index (Phi) is 4.39. The van der Waals surface area contributed by atoms with Crippen molar-refractivity contribution in [2.24, 2.45) is 5.92 Å². The third-order valence-electron chi connectivity index (χ3n) is 2.54. The number of carboxylic acids is 1. The molecule has 0 fully saturated rings. The number of halogens is 4. The zero-order valence-electron chi connectivity index (χ0n) is 10.3. The van der Waals surface area contributed by atoms with Crippen molar-refractivity contribution in [3.05, 3.63) is 29.6 Å². The van der Waals surface area contributed by atoms with Crippen LogP contribution in [0.15, 0.2) is 18.2 Å². The molecule has 106 valence electrons. The molecule has 7 heteroatoms. The van der Waals surface area contributed by atoms with Gasteiger partial charge < -0.3 is 10.4 Å². The van der Waals surface area contributed by atoms with E-state index in [4.69, 9.17) is 5.11 Å². The number of carbonyl (C=O) groups is 1. The summed E-state index contributed by atoms with van der Waals surface area (Å²) < 4.78 is 50.5. The molecule has 1 atom stereocenters. The fraction of sp³-hybridized carbons (Fsp3) is 0.417. The molecule has 0 aliphatic heterocycles. The van der Waals surface area contributed by atoms with Gasteiger partial charge in [0.15, 0.2) is 0 Å². The van der Waals surface area contributed by atoms with Crippen LogP contribution in [0.2, 0.25) is 0 Å². The number of alkyl halides is 3. The van der Waals surface area contributed by atoms with Crippen LogP contribution in [-0.4, -0.2) is 17.1 Å². The predicted octanol–water partition coefficient (Wildman–Crippen LogP) is 3.37. The molecule has 0 aromatic heterocycles. The Morgan fingerprint density at radius 3 is 2.26 bits per heavy atom. The minimum atomic E-state index is -4.64. The maximum Gasteiger partial charge on any atom is 0.416 e. The molecule has 1 aromatic carbocycles. The number of anilines is 1. The zero-order chi connectivity index (χ0) is 14.8. The molecule has 0 saturated carbocycles. The van der Waals surface area contributed by atoms with Gasteiger partial charge in [-0.3, -0.25) is 0 Å². The van der Waals surface area contributed by atoms with E-state index in [0.717, 1.165) is 6.07 Å². The van der Waals surface area contributed by atoms with E-state index in [2.05, 4.69) is 5.32 Å². The first-order valence-corrected chi connectivity index (χ1v) is 5.49. The van der Waals surface area contributed by atoms with Crippen molar-refractivity contribution < 1.29 is 27.5 Å². The predicted molar refractivity (Wildman–Crippen MR) is 61.3 cm³/mol. The lowest BCUT2D eigenvalue weighted by Gasteiger charge is -2.20. The van der Waals surface area contributed by atoms with Gasteiger partial charge in [-0.15, -0.1) is 0 Å². The number of carboxylic acid groups (broad SMARTS) is 1. The van der Waals surface area contributed by atoms with E-state index in [9.17, 15) is 22.4 Å². The second-order valence-electron chi connectivity index (χ2n) is 4.40. The summed E-state index contributed by atoms with van der Waals surface area (Å²) in [5, 5.41) is 11.3. The SMILES string of the molecule is CC(C)[C@H](Nc1ccc(C(F)(F)F)cc1F)C(=O)O. The molecule has 2 N–H and O–H groups in total. The Labute approximate surface area is 107 Å². The number of rotatable bonds is 4. The summed E-state index contributed by atoms with van der Waals surface area (Å²) in [5.74, 6) is -2.68. The molecule has 0 saturated heterocycles. The number of hydrogen-bond acceptors (Lipinski definition) is 2. The van der Waals surface area contributed by atoms with Crippen molar-refractivity contribution in [3.8, 4) is 0 Å². The molecule has 0 heterocycles. The molecule has 0 spiro atoms. The molecule has 1 aromatic rings. The van der Waals surface area contributed by atoms with E-state index < -0.39 is 29.6 Å². The Hall–Kier alpha value is -1.79. The van der Waals surface area contributed by atoms with Crippen LogP contribution in [0, 0.1) is 11.7 Å². The van der Waals surface area contributed by atoms with Crippen LogP contribution in [0.1, 0.15) is 19.4 Å². The third-order valence-corrected chi connectivity index (χ3v) is 2.54. The largest absolute Gasteiger partial charge is 0.480 e. The Morgan fingerprint density at radius 2 is 1.89 bits per heavy atom. The van der Waals surface area contributed by atoms with Crippen LogP contribution in [0.5, 0.6) is 0 Å². The van der Waals surface area contributed by atoms with Crippen LogP contribution < -0.4 is 5.32 Å². The van der Waals surface area contributed by atoms with Crippen molar-refractivity contribution in [2.45, 2.75) is 26.1 Å². The highest BCUT2D eigenvalue weighted by atomic mass is 19.4. The maximum absolute atomic E-state index is 13.5. The molecular formula is C12H13F4NO2. The van der Waals surface area contributed by atoms with Crippen molar-refractivity contribution in [2.75, 3.05) is 5.32 Å². The second-order valence-corrected chi connectivity index (χ2v) is 4.40. The lowest BCUT2D eigenvalue weighted by molar-refractivity contribution is -0.139. The topological polar surface area (TPSA) is 49.3 Å². The summed E-state index contributed by atoms with van der Waals surface area (Å²) >= 11 is 0. The zero-order valence-corrected chi connectivity index (χ0v) is 10.3. The van der Waals surface area contributed by atoms with Gasteiger partial charge in [-0.1, -0.05) is 13.8 Å². The standard InChI is InChI=1S/C12H13F4NO2/c1-6(2)10(11(18)19)17-9-4-3-7(5-8(9)13)12(14,15)16/h3-6,10,17H,1-2H3,(H,18,19)/t10-/m0/s1. The monoisotopic (exact) mass is 279 g/mol. The van der Waals surface area contributed by atoms with Gasteiger partial charge >= 0.3 is 12.1 Å². The summed E-state index contributed by atoms with van der Waals surface area (Å²) in [6, 6.07) is 0.842. The minimum Gasteiger partial charge on any atom is -0.480 e.